The summed E-state index contributed by atoms with van der Waals surface area (Å²) in [5, 5.41) is 3.00. The van der Waals surface area contributed by atoms with Crippen LogP contribution in [0.15, 0.2) is 54.8 Å². The Hall–Kier alpha value is -2.03. The largest absolute Gasteiger partial charge is 0.458 e. The van der Waals surface area contributed by atoms with E-state index in [1.165, 1.54) is 6.08 Å². The van der Waals surface area contributed by atoms with E-state index in [1.54, 1.807) is 6.08 Å². The Kier molecular flexibility index (Phi) is 5.58. The molecule has 1 aromatic rings. The molecule has 90 valence electrons. The molecule has 0 radical (unpaired) electrons. The molecule has 0 aliphatic heterocycles. The van der Waals surface area contributed by atoms with Gasteiger partial charge in [-0.2, -0.15) is 0 Å². The molecule has 3 nitrogen and oxygen atoms in total. The van der Waals surface area contributed by atoms with Gasteiger partial charge in [0.2, 0.25) is 0 Å². The highest BCUT2D eigenvalue weighted by Gasteiger charge is 1.99. The molecule has 3 heteroatoms. The summed E-state index contributed by atoms with van der Waals surface area (Å²) in [5.41, 5.74) is 1.74. The zero-order chi connectivity index (χ0) is 12.5. The van der Waals surface area contributed by atoms with Gasteiger partial charge in [0.1, 0.15) is 6.61 Å². The highest BCUT2D eigenvalue weighted by Crippen LogP contribution is 2.01. The van der Waals surface area contributed by atoms with Gasteiger partial charge in [-0.15, -0.1) is 6.58 Å². The first kappa shape index (κ1) is 13.0. The highest BCUT2D eigenvalue weighted by molar-refractivity contribution is 5.82. The zero-order valence-electron chi connectivity index (χ0n) is 9.98. The Bertz CT molecular complexity index is 396. The molecule has 0 aliphatic carbocycles. The highest BCUT2D eigenvalue weighted by atomic mass is 16.5. The molecule has 0 aromatic heterocycles. The standard InChI is InChI=1S/C14H17NO2/c1-3-9-15-12(2)10-14(16)17-11-13-7-5-4-6-8-13/h3-8,10,15H,1,9,11H2,2H3/b12-10-. The monoisotopic (exact) mass is 231 g/mol. The fourth-order valence-electron chi connectivity index (χ4n) is 1.23. The maximum atomic E-state index is 11.4. The number of esters is 1. The summed E-state index contributed by atoms with van der Waals surface area (Å²) >= 11 is 0. The first-order valence-corrected chi connectivity index (χ1v) is 5.46. The molecule has 0 bridgehead atoms. The van der Waals surface area contributed by atoms with E-state index in [9.17, 15) is 4.79 Å². The second kappa shape index (κ2) is 7.28. The number of benzene rings is 1. The number of carbonyl (C=O) groups excluding carboxylic acids is 1. The van der Waals surface area contributed by atoms with Crippen LogP contribution in [-0.4, -0.2) is 12.5 Å². The molecule has 0 unspecified atom stereocenters. The van der Waals surface area contributed by atoms with Crippen LogP contribution >= 0.6 is 0 Å². The molecule has 1 aromatic carbocycles. The van der Waals surface area contributed by atoms with Gasteiger partial charge >= 0.3 is 5.97 Å². The molecule has 0 heterocycles. The van der Waals surface area contributed by atoms with Crippen molar-refractivity contribution in [3.8, 4) is 0 Å². The van der Waals surface area contributed by atoms with Crippen molar-refractivity contribution in [2.24, 2.45) is 0 Å². The van der Waals surface area contributed by atoms with Gasteiger partial charge in [-0.05, 0) is 12.5 Å². The fraction of sp³-hybridized carbons (Fsp3) is 0.214. The zero-order valence-corrected chi connectivity index (χ0v) is 9.98. The molecule has 0 fully saturated rings. The Morgan fingerprint density at radius 1 is 1.41 bits per heavy atom. The van der Waals surface area contributed by atoms with Gasteiger partial charge in [-0.1, -0.05) is 36.4 Å². The average molecular weight is 231 g/mol. The third-order valence-corrected chi connectivity index (χ3v) is 2.08. The summed E-state index contributed by atoms with van der Waals surface area (Å²) in [4.78, 5) is 11.4. The van der Waals surface area contributed by atoms with Crippen LogP contribution in [0.1, 0.15) is 12.5 Å². The Labute approximate surface area is 102 Å². The van der Waals surface area contributed by atoms with Crippen molar-refractivity contribution in [3.05, 3.63) is 60.3 Å². The maximum Gasteiger partial charge on any atom is 0.332 e. The third kappa shape index (κ3) is 5.56. The molecule has 0 saturated carbocycles. The first-order valence-electron chi connectivity index (χ1n) is 5.46. The molecule has 1 N–H and O–H groups in total. The van der Waals surface area contributed by atoms with Crippen molar-refractivity contribution in [2.45, 2.75) is 13.5 Å². The van der Waals surface area contributed by atoms with E-state index in [4.69, 9.17) is 4.74 Å². The molecule has 1 rings (SSSR count). The molecule has 0 saturated heterocycles. The Morgan fingerprint density at radius 3 is 2.76 bits per heavy atom. The topological polar surface area (TPSA) is 38.3 Å². The maximum absolute atomic E-state index is 11.4. The number of hydrogen-bond donors (Lipinski definition) is 1. The van der Waals surface area contributed by atoms with Gasteiger partial charge in [-0.25, -0.2) is 4.79 Å². The lowest BCUT2D eigenvalue weighted by atomic mass is 10.2. The Balaban J connectivity index is 2.37. The summed E-state index contributed by atoms with van der Waals surface area (Å²) in [6, 6.07) is 9.58. The predicted molar refractivity (Wildman–Crippen MR) is 68.2 cm³/mol. The lowest BCUT2D eigenvalue weighted by Crippen LogP contribution is -2.12. The summed E-state index contributed by atoms with van der Waals surface area (Å²) in [6.45, 7) is 6.32. The summed E-state index contributed by atoms with van der Waals surface area (Å²) in [5.74, 6) is -0.345. The van der Waals surface area contributed by atoms with Crippen molar-refractivity contribution in [3.63, 3.8) is 0 Å². The fourth-order valence-corrected chi connectivity index (χ4v) is 1.23. The molecule has 0 amide bonds. The van der Waals surface area contributed by atoms with Gasteiger partial charge in [-0.3, -0.25) is 0 Å². The lowest BCUT2D eigenvalue weighted by molar-refractivity contribution is -0.139. The van der Waals surface area contributed by atoms with Gasteiger partial charge < -0.3 is 10.1 Å². The number of ether oxygens (including phenoxy) is 1. The smallest absolute Gasteiger partial charge is 0.332 e. The second-order valence-electron chi connectivity index (χ2n) is 3.59. The van der Waals surface area contributed by atoms with Crippen LogP contribution in [0.4, 0.5) is 0 Å². The minimum Gasteiger partial charge on any atom is -0.458 e. The van der Waals surface area contributed by atoms with Crippen LogP contribution in [0.2, 0.25) is 0 Å². The molecular formula is C14H17NO2. The van der Waals surface area contributed by atoms with Gasteiger partial charge in [0.05, 0.1) is 0 Å². The molecule has 17 heavy (non-hydrogen) atoms. The van der Waals surface area contributed by atoms with Crippen LogP contribution in [0.3, 0.4) is 0 Å². The van der Waals surface area contributed by atoms with Crippen LogP contribution in [0, 0.1) is 0 Å². The van der Waals surface area contributed by atoms with E-state index in [0.29, 0.717) is 13.2 Å². The van der Waals surface area contributed by atoms with Gasteiger partial charge in [0.15, 0.2) is 0 Å². The van der Waals surface area contributed by atoms with Gasteiger partial charge in [0.25, 0.3) is 0 Å². The SMILES string of the molecule is C=CCN/C(C)=C\C(=O)OCc1ccccc1. The van der Waals surface area contributed by atoms with E-state index >= 15 is 0 Å². The van der Waals surface area contributed by atoms with Crippen LogP contribution < -0.4 is 5.32 Å². The summed E-state index contributed by atoms with van der Waals surface area (Å²) in [6.07, 6.45) is 3.17. The molecule has 0 aliphatic rings. The number of rotatable bonds is 6. The number of allylic oxidation sites excluding steroid dienone is 1. The van der Waals surface area contributed by atoms with E-state index in [-0.39, 0.29) is 5.97 Å². The van der Waals surface area contributed by atoms with Gasteiger partial charge in [0, 0.05) is 18.3 Å². The second-order valence-corrected chi connectivity index (χ2v) is 3.59. The third-order valence-electron chi connectivity index (χ3n) is 2.08. The first-order chi connectivity index (χ1) is 8.22. The quantitative estimate of drug-likeness (QED) is 0.464. The molecule has 0 atom stereocenters. The minimum absolute atomic E-state index is 0.297. The summed E-state index contributed by atoms with van der Waals surface area (Å²) < 4.78 is 5.10. The van der Waals surface area contributed by atoms with E-state index < -0.39 is 0 Å². The minimum atomic E-state index is -0.345. The predicted octanol–water partition coefficient (Wildman–Crippen LogP) is 2.41. The van der Waals surface area contributed by atoms with E-state index in [1.807, 2.05) is 37.3 Å². The van der Waals surface area contributed by atoms with Crippen LogP contribution in [0.5, 0.6) is 0 Å². The molecular weight excluding hydrogens is 214 g/mol. The van der Waals surface area contributed by atoms with E-state index in [0.717, 1.165) is 11.3 Å². The Morgan fingerprint density at radius 2 is 2.12 bits per heavy atom. The van der Waals surface area contributed by atoms with Crippen molar-refractivity contribution in [1.29, 1.82) is 0 Å². The van der Waals surface area contributed by atoms with Crippen molar-refractivity contribution in [1.82, 2.24) is 5.32 Å². The van der Waals surface area contributed by atoms with Crippen LogP contribution in [-0.2, 0) is 16.1 Å². The average Bonchev–Trinajstić information content (AvgIpc) is 2.35. The van der Waals surface area contributed by atoms with Crippen molar-refractivity contribution in [2.75, 3.05) is 6.54 Å². The van der Waals surface area contributed by atoms with Crippen LogP contribution in [0.25, 0.3) is 0 Å². The number of carbonyl (C=O) groups is 1. The summed E-state index contributed by atoms with van der Waals surface area (Å²) in [7, 11) is 0. The van der Waals surface area contributed by atoms with Crippen molar-refractivity contribution < 1.29 is 9.53 Å². The molecule has 0 spiro atoms. The number of hydrogen-bond acceptors (Lipinski definition) is 3. The number of nitrogens with one attached hydrogen (secondary N) is 1. The van der Waals surface area contributed by atoms with E-state index in [2.05, 4.69) is 11.9 Å². The lowest BCUT2D eigenvalue weighted by Gasteiger charge is -2.04. The van der Waals surface area contributed by atoms with Crippen molar-refractivity contribution >= 4 is 5.97 Å². The normalized spacial score (nSPS) is 10.8.